The summed E-state index contributed by atoms with van der Waals surface area (Å²) in [4.78, 5) is 14.3. The molecule has 0 aliphatic carbocycles. The third-order valence-corrected chi connectivity index (χ3v) is 4.08. The van der Waals surface area contributed by atoms with Crippen molar-refractivity contribution in [3.8, 4) is 0 Å². The van der Waals surface area contributed by atoms with Crippen LogP contribution in [0.25, 0.3) is 0 Å². The zero-order chi connectivity index (χ0) is 16.7. The zero-order valence-electron chi connectivity index (χ0n) is 13.6. The van der Waals surface area contributed by atoms with Gasteiger partial charge in [-0.25, -0.2) is 4.79 Å². The molecule has 0 radical (unpaired) electrons. The van der Waals surface area contributed by atoms with E-state index in [-0.39, 0.29) is 12.1 Å². The van der Waals surface area contributed by atoms with E-state index < -0.39 is 0 Å². The number of nitrogens with zero attached hydrogens (tertiary/aromatic N) is 1. The Balaban J connectivity index is 1.90. The quantitative estimate of drug-likeness (QED) is 0.830. The van der Waals surface area contributed by atoms with Crippen molar-refractivity contribution in [2.24, 2.45) is 0 Å². The number of hydrogen-bond acceptors (Lipinski definition) is 1. The van der Waals surface area contributed by atoms with E-state index in [9.17, 15) is 4.79 Å². The number of carbonyl (C=O) groups is 1. The maximum atomic E-state index is 12.4. The molecule has 2 aromatic carbocycles. The molecule has 4 heteroatoms. The first-order valence-electron chi connectivity index (χ1n) is 7.89. The fraction of sp³-hybridized carbons (Fsp3) is 0.316. The topological polar surface area (TPSA) is 32.3 Å². The van der Waals surface area contributed by atoms with Crippen LogP contribution in [-0.4, -0.2) is 23.5 Å². The van der Waals surface area contributed by atoms with Gasteiger partial charge in [-0.3, -0.25) is 0 Å². The molecule has 0 saturated carbocycles. The second-order valence-corrected chi connectivity index (χ2v) is 6.19. The Morgan fingerprint density at radius 2 is 1.74 bits per heavy atom. The molecular formula is C19H23ClN2O. The molecule has 0 aliphatic rings. The Morgan fingerprint density at radius 1 is 1.09 bits per heavy atom. The molecule has 1 N–H and O–H groups in total. The van der Waals surface area contributed by atoms with E-state index in [4.69, 9.17) is 11.6 Å². The Labute approximate surface area is 143 Å². The third-order valence-electron chi connectivity index (χ3n) is 3.71. The molecule has 122 valence electrons. The number of halogens is 1. The average molecular weight is 331 g/mol. The van der Waals surface area contributed by atoms with Crippen LogP contribution in [0, 0.1) is 0 Å². The Kier molecular flexibility index (Phi) is 6.48. The summed E-state index contributed by atoms with van der Waals surface area (Å²) < 4.78 is 0. The number of amides is 2. The van der Waals surface area contributed by atoms with Gasteiger partial charge in [0.25, 0.3) is 0 Å². The first kappa shape index (κ1) is 17.4. The van der Waals surface area contributed by atoms with Crippen LogP contribution in [0.5, 0.6) is 0 Å². The summed E-state index contributed by atoms with van der Waals surface area (Å²) in [5.74, 6) is 0. The van der Waals surface area contributed by atoms with Crippen LogP contribution in [0.4, 0.5) is 4.79 Å². The van der Waals surface area contributed by atoms with Crippen LogP contribution in [0.3, 0.4) is 0 Å². The predicted molar refractivity (Wildman–Crippen MR) is 95.7 cm³/mol. The minimum atomic E-state index is -0.0455. The van der Waals surface area contributed by atoms with Crippen molar-refractivity contribution in [3.05, 3.63) is 70.7 Å². The van der Waals surface area contributed by atoms with Crippen LogP contribution >= 0.6 is 11.6 Å². The van der Waals surface area contributed by atoms with Crippen molar-refractivity contribution in [1.82, 2.24) is 10.2 Å². The van der Waals surface area contributed by atoms with Gasteiger partial charge in [-0.15, -0.1) is 0 Å². The monoisotopic (exact) mass is 330 g/mol. The molecule has 3 nitrogen and oxygen atoms in total. The standard InChI is InChI=1S/C19H23ClN2O/c1-15(2)22(14-16-8-4-3-5-9-16)19(23)21-13-12-17-10-6-7-11-18(17)20/h3-11,15H,12-14H2,1-2H3,(H,21,23). The van der Waals surface area contributed by atoms with E-state index >= 15 is 0 Å². The molecular weight excluding hydrogens is 308 g/mol. The molecule has 0 fully saturated rings. The molecule has 23 heavy (non-hydrogen) atoms. The second kappa shape index (κ2) is 8.59. The Morgan fingerprint density at radius 3 is 2.39 bits per heavy atom. The normalized spacial score (nSPS) is 10.6. The minimum absolute atomic E-state index is 0.0455. The lowest BCUT2D eigenvalue weighted by atomic mass is 10.1. The van der Waals surface area contributed by atoms with E-state index in [1.807, 2.05) is 73.3 Å². The van der Waals surface area contributed by atoms with Gasteiger partial charge >= 0.3 is 6.03 Å². The highest BCUT2D eigenvalue weighted by atomic mass is 35.5. The highest BCUT2D eigenvalue weighted by molar-refractivity contribution is 6.31. The smallest absolute Gasteiger partial charge is 0.317 e. The molecule has 2 amide bonds. The van der Waals surface area contributed by atoms with Crippen molar-refractivity contribution in [2.45, 2.75) is 32.9 Å². The van der Waals surface area contributed by atoms with Crippen LogP contribution in [0.1, 0.15) is 25.0 Å². The van der Waals surface area contributed by atoms with Crippen molar-refractivity contribution in [3.63, 3.8) is 0 Å². The van der Waals surface area contributed by atoms with Gasteiger partial charge < -0.3 is 10.2 Å². The lowest BCUT2D eigenvalue weighted by Gasteiger charge is -2.27. The second-order valence-electron chi connectivity index (χ2n) is 5.78. The molecule has 0 bridgehead atoms. The molecule has 0 aliphatic heterocycles. The fourth-order valence-corrected chi connectivity index (χ4v) is 2.61. The predicted octanol–water partition coefficient (Wildman–Crippen LogP) is 4.50. The van der Waals surface area contributed by atoms with Gasteiger partial charge in [0.15, 0.2) is 0 Å². The number of urea groups is 1. The minimum Gasteiger partial charge on any atom is -0.338 e. The van der Waals surface area contributed by atoms with Gasteiger partial charge in [-0.1, -0.05) is 60.1 Å². The van der Waals surface area contributed by atoms with E-state index in [2.05, 4.69) is 5.32 Å². The van der Waals surface area contributed by atoms with E-state index in [1.165, 1.54) is 0 Å². The number of carbonyl (C=O) groups excluding carboxylic acids is 1. The number of benzene rings is 2. The summed E-state index contributed by atoms with van der Waals surface area (Å²) in [6, 6.07) is 17.8. The Hall–Kier alpha value is -2.00. The average Bonchev–Trinajstić information content (AvgIpc) is 2.55. The maximum Gasteiger partial charge on any atom is 0.317 e. The largest absolute Gasteiger partial charge is 0.338 e. The van der Waals surface area contributed by atoms with Gasteiger partial charge in [0.05, 0.1) is 0 Å². The van der Waals surface area contributed by atoms with E-state index in [0.29, 0.717) is 13.1 Å². The zero-order valence-corrected chi connectivity index (χ0v) is 14.4. The van der Waals surface area contributed by atoms with Gasteiger partial charge in [0, 0.05) is 24.2 Å². The van der Waals surface area contributed by atoms with Crippen LogP contribution in [0.2, 0.25) is 5.02 Å². The summed E-state index contributed by atoms with van der Waals surface area (Å²) in [5, 5.41) is 3.73. The van der Waals surface area contributed by atoms with Crippen molar-refractivity contribution in [2.75, 3.05) is 6.54 Å². The number of hydrogen-bond donors (Lipinski definition) is 1. The highest BCUT2D eigenvalue weighted by Gasteiger charge is 2.16. The van der Waals surface area contributed by atoms with Crippen LogP contribution in [-0.2, 0) is 13.0 Å². The molecule has 0 heterocycles. The van der Waals surface area contributed by atoms with Gasteiger partial charge in [0.2, 0.25) is 0 Å². The summed E-state index contributed by atoms with van der Waals surface area (Å²) in [7, 11) is 0. The lowest BCUT2D eigenvalue weighted by molar-refractivity contribution is 0.180. The summed E-state index contributed by atoms with van der Waals surface area (Å²) in [5.41, 5.74) is 2.18. The van der Waals surface area contributed by atoms with Crippen LogP contribution in [0.15, 0.2) is 54.6 Å². The molecule has 0 spiro atoms. The lowest BCUT2D eigenvalue weighted by Crippen LogP contribution is -2.44. The molecule has 2 rings (SSSR count). The Bertz CT molecular complexity index is 628. The SMILES string of the molecule is CC(C)N(Cc1ccccc1)C(=O)NCCc1ccccc1Cl. The van der Waals surface area contributed by atoms with Gasteiger partial charge in [-0.2, -0.15) is 0 Å². The van der Waals surface area contributed by atoms with E-state index in [1.54, 1.807) is 0 Å². The fourth-order valence-electron chi connectivity index (χ4n) is 2.38. The highest BCUT2D eigenvalue weighted by Crippen LogP contribution is 2.15. The summed E-state index contributed by atoms with van der Waals surface area (Å²) >= 11 is 6.14. The van der Waals surface area contributed by atoms with Crippen molar-refractivity contribution < 1.29 is 4.79 Å². The molecule has 0 unspecified atom stereocenters. The van der Waals surface area contributed by atoms with Gasteiger partial charge in [0.1, 0.15) is 0 Å². The molecule has 0 atom stereocenters. The molecule has 0 saturated heterocycles. The van der Waals surface area contributed by atoms with Gasteiger partial charge in [-0.05, 0) is 37.5 Å². The summed E-state index contributed by atoms with van der Waals surface area (Å²) in [6.07, 6.45) is 0.725. The van der Waals surface area contributed by atoms with Crippen molar-refractivity contribution in [1.29, 1.82) is 0 Å². The molecule has 2 aromatic rings. The van der Waals surface area contributed by atoms with E-state index in [0.717, 1.165) is 22.6 Å². The van der Waals surface area contributed by atoms with Crippen molar-refractivity contribution >= 4 is 17.6 Å². The van der Waals surface area contributed by atoms with Crippen LogP contribution < -0.4 is 5.32 Å². The summed E-state index contributed by atoms with van der Waals surface area (Å²) in [6.45, 7) is 5.23. The first-order chi connectivity index (χ1) is 11.1. The first-order valence-corrected chi connectivity index (χ1v) is 8.27. The number of nitrogens with one attached hydrogen (secondary N) is 1. The third kappa shape index (κ3) is 5.29. The maximum absolute atomic E-state index is 12.4. The molecule has 0 aromatic heterocycles. The number of rotatable bonds is 6.